The van der Waals surface area contributed by atoms with E-state index in [1.54, 1.807) is 18.2 Å². The molecule has 0 atom stereocenters. The quantitative estimate of drug-likeness (QED) is 0.309. The van der Waals surface area contributed by atoms with Crippen molar-refractivity contribution >= 4 is 39.8 Å². The van der Waals surface area contributed by atoms with Crippen LogP contribution >= 0.6 is 27.7 Å². The van der Waals surface area contributed by atoms with Crippen LogP contribution in [0.3, 0.4) is 0 Å². The van der Waals surface area contributed by atoms with Crippen molar-refractivity contribution in [3.63, 3.8) is 0 Å². The fourth-order valence-electron chi connectivity index (χ4n) is 2.44. The van der Waals surface area contributed by atoms with Crippen molar-refractivity contribution < 1.29 is 14.6 Å². The minimum atomic E-state index is -0.304. The number of methoxy groups -OCH3 is 1. The number of ether oxygens (including phenoxy) is 1. The van der Waals surface area contributed by atoms with E-state index in [2.05, 4.69) is 36.7 Å². The normalized spacial score (nSPS) is 11.0. The molecule has 0 unspecified atom stereocenters. The fourth-order valence-corrected chi connectivity index (χ4v) is 3.40. The molecule has 0 aliphatic carbocycles. The zero-order valence-electron chi connectivity index (χ0n) is 15.7. The van der Waals surface area contributed by atoms with Crippen LogP contribution in [0.25, 0.3) is 11.4 Å². The average molecular weight is 476 g/mol. The molecule has 0 aliphatic heterocycles. The monoisotopic (exact) mass is 475 g/mol. The van der Waals surface area contributed by atoms with Crippen LogP contribution < -0.4 is 10.2 Å². The van der Waals surface area contributed by atoms with E-state index in [0.29, 0.717) is 22.3 Å². The maximum atomic E-state index is 12.0. The molecule has 1 aromatic heterocycles. The molecule has 29 heavy (non-hydrogen) atoms. The van der Waals surface area contributed by atoms with Gasteiger partial charge < -0.3 is 14.4 Å². The molecule has 2 aromatic carbocycles. The van der Waals surface area contributed by atoms with Crippen LogP contribution in [0.15, 0.2) is 57.2 Å². The number of para-hydroxylation sites is 1. The van der Waals surface area contributed by atoms with Crippen molar-refractivity contribution in [3.05, 3.63) is 52.5 Å². The second-order valence-electron chi connectivity index (χ2n) is 5.85. The number of rotatable bonds is 7. The van der Waals surface area contributed by atoms with E-state index in [1.165, 1.54) is 25.1 Å². The Hall–Kier alpha value is -2.85. The lowest BCUT2D eigenvalue weighted by Crippen LogP contribution is -2.19. The van der Waals surface area contributed by atoms with Crippen LogP contribution in [-0.4, -0.2) is 44.9 Å². The number of nitrogens with zero attached hydrogens (tertiary/aromatic N) is 4. The summed E-state index contributed by atoms with van der Waals surface area (Å²) in [6, 6.07) is 12.8. The third-order valence-corrected chi connectivity index (χ3v) is 5.46. The van der Waals surface area contributed by atoms with Gasteiger partial charge in [-0.2, -0.15) is 5.10 Å². The lowest BCUT2D eigenvalue weighted by atomic mass is 10.2. The molecular weight excluding hydrogens is 458 g/mol. The van der Waals surface area contributed by atoms with Gasteiger partial charge in [-0.15, -0.1) is 10.2 Å². The minimum absolute atomic E-state index is 0.0399. The molecule has 0 radical (unpaired) electrons. The van der Waals surface area contributed by atoms with Crippen molar-refractivity contribution in [1.29, 1.82) is 0 Å². The van der Waals surface area contributed by atoms with Crippen molar-refractivity contribution in [2.24, 2.45) is 12.1 Å². The van der Waals surface area contributed by atoms with E-state index in [4.69, 9.17) is 4.74 Å². The molecule has 0 saturated carbocycles. The number of phenols is 1. The Morgan fingerprint density at radius 1 is 1.31 bits per heavy atom. The van der Waals surface area contributed by atoms with Gasteiger partial charge in [-0.05, 0) is 24.3 Å². The molecule has 3 rings (SSSR count). The van der Waals surface area contributed by atoms with Gasteiger partial charge in [0.05, 0.1) is 19.1 Å². The van der Waals surface area contributed by atoms with E-state index in [9.17, 15) is 9.90 Å². The maximum absolute atomic E-state index is 12.0. The number of amides is 1. The molecule has 1 amide bonds. The van der Waals surface area contributed by atoms with Crippen LogP contribution in [0.5, 0.6) is 11.5 Å². The number of hydrogen-bond donors (Lipinski definition) is 2. The smallest absolute Gasteiger partial charge is 0.250 e. The van der Waals surface area contributed by atoms with E-state index in [1.807, 2.05) is 35.9 Å². The Bertz CT molecular complexity index is 1040. The lowest BCUT2D eigenvalue weighted by molar-refractivity contribution is -0.118. The highest BCUT2D eigenvalue weighted by Gasteiger charge is 2.13. The average Bonchev–Trinajstić information content (AvgIpc) is 3.09. The summed E-state index contributed by atoms with van der Waals surface area (Å²) < 4.78 is 7.85. The van der Waals surface area contributed by atoms with Gasteiger partial charge in [-0.25, -0.2) is 5.43 Å². The van der Waals surface area contributed by atoms with Gasteiger partial charge in [-0.1, -0.05) is 45.9 Å². The molecule has 0 saturated heterocycles. The fraction of sp³-hybridized carbons (Fsp3) is 0.158. The number of aromatic hydroxyl groups is 1. The molecule has 0 bridgehead atoms. The molecule has 3 aromatic rings. The first-order valence-electron chi connectivity index (χ1n) is 8.45. The maximum Gasteiger partial charge on any atom is 0.250 e. The van der Waals surface area contributed by atoms with Gasteiger partial charge in [0.25, 0.3) is 5.91 Å². The van der Waals surface area contributed by atoms with E-state index < -0.39 is 0 Å². The Labute approximate surface area is 180 Å². The summed E-state index contributed by atoms with van der Waals surface area (Å²) in [6.45, 7) is 0. The summed E-state index contributed by atoms with van der Waals surface area (Å²) in [7, 11) is 3.31. The number of phenolic OH excluding ortho intramolecular Hbond substituents is 1. The lowest BCUT2D eigenvalue weighted by Gasteiger charge is -2.05. The Morgan fingerprint density at radius 2 is 2.07 bits per heavy atom. The number of carbonyl (C=O) groups is 1. The third kappa shape index (κ3) is 5.15. The number of hydrazone groups is 1. The number of nitrogens with one attached hydrogen (secondary N) is 1. The number of benzene rings is 2. The highest BCUT2D eigenvalue weighted by molar-refractivity contribution is 9.10. The summed E-state index contributed by atoms with van der Waals surface area (Å²) in [5.74, 6) is 0.823. The second kappa shape index (κ2) is 9.57. The van der Waals surface area contributed by atoms with E-state index in [-0.39, 0.29) is 17.4 Å². The molecule has 150 valence electrons. The standard InChI is InChI=1S/C19H18BrN5O3S/c1-25-18(12-6-8-14(20)9-7-12)23-24-19(25)29-11-16(26)22-21-10-13-4-3-5-15(28-2)17(13)27/h3-10,27H,11H2,1-2H3,(H,22,26). The molecule has 0 fully saturated rings. The predicted molar refractivity (Wildman–Crippen MR) is 115 cm³/mol. The van der Waals surface area contributed by atoms with E-state index >= 15 is 0 Å². The van der Waals surface area contributed by atoms with E-state index in [0.717, 1.165) is 10.0 Å². The number of carbonyl (C=O) groups excluding carboxylic acids is 1. The number of halogens is 1. The van der Waals surface area contributed by atoms with Crippen molar-refractivity contribution in [1.82, 2.24) is 20.2 Å². The third-order valence-electron chi connectivity index (χ3n) is 3.91. The SMILES string of the molecule is COc1cccc(C=NNC(=O)CSc2nnc(-c3ccc(Br)cc3)n2C)c1O. The molecule has 8 nitrogen and oxygen atoms in total. The van der Waals surface area contributed by atoms with Crippen molar-refractivity contribution in [2.75, 3.05) is 12.9 Å². The van der Waals surface area contributed by atoms with Crippen LogP contribution in [0.1, 0.15) is 5.56 Å². The molecular formula is C19H18BrN5O3S. The molecule has 0 spiro atoms. The predicted octanol–water partition coefficient (Wildman–Crippen LogP) is 3.20. The highest BCUT2D eigenvalue weighted by Crippen LogP contribution is 2.28. The van der Waals surface area contributed by atoms with Gasteiger partial charge in [0.15, 0.2) is 22.5 Å². The van der Waals surface area contributed by atoms with Crippen molar-refractivity contribution in [3.8, 4) is 22.9 Å². The number of hydrogen-bond acceptors (Lipinski definition) is 7. The summed E-state index contributed by atoms with van der Waals surface area (Å²) in [4.78, 5) is 12.0. The zero-order valence-corrected chi connectivity index (χ0v) is 18.1. The molecule has 10 heteroatoms. The Morgan fingerprint density at radius 3 is 2.79 bits per heavy atom. The summed E-state index contributed by atoms with van der Waals surface area (Å²) in [6.07, 6.45) is 1.36. The van der Waals surface area contributed by atoms with Crippen LogP contribution in [-0.2, 0) is 11.8 Å². The first kappa shape index (κ1) is 20.9. The minimum Gasteiger partial charge on any atom is -0.504 e. The van der Waals surface area contributed by atoms with Gasteiger partial charge in [0.1, 0.15) is 0 Å². The van der Waals surface area contributed by atoms with Gasteiger partial charge in [0.2, 0.25) is 0 Å². The van der Waals surface area contributed by atoms with Crippen LogP contribution in [0.2, 0.25) is 0 Å². The summed E-state index contributed by atoms with van der Waals surface area (Å²) in [5.41, 5.74) is 3.79. The Balaban J connectivity index is 1.57. The number of aromatic nitrogens is 3. The number of thioether (sulfide) groups is 1. The highest BCUT2D eigenvalue weighted by atomic mass is 79.9. The largest absolute Gasteiger partial charge is 0.504 e. The summed E-state index contributed by atoms with van der Waals surface area (Å²) in [5, 5.41) is 22.8. The van der Waals surface area contributed by atoms with Crippen molar-refractivity contribution in [2.45, 2.75) is 5.16 Å². The topological polar surface area (TPSA) is 102 Å². The first-order chi connectivity index (χ1) is 14.0. The summed E-state index contributed by atoms with van der Waals surface area (Å²) >= 11 is 4.66. The second-order valence-corrected chi connectivity index (χ2v) is 7.71. The zero-order chi connectivity index (χ0) is 20.8. The van der Waals surface area contributed by atoms with Crippen LogP contribution in [0, 0.1) is 0 Å². The Kier molecular flexibility index (Phi) is 6.89. The van der Waals surface area contributed by atoms with Gasteiger partial charge in [-0.3, -0.25) is 4.79 Å². The van der Waals surface area contributed by atoms with Gasteiger partial charge >= 0.3 is 0 Å². The molecule has 2 N–H and O–H groups in total. The molecule has 0 aliphatic rings. The van der Waals surface area contributed by atoms with Gasteiger partial charge in [0, 0.05) is 22.6 Å². The molecule has 1 heterocycles. The van der Waals surface area contributed by atoms with Crippen LogP contribution in [0.4, 0.5) is 0 Å². The first-order valence-corrected chi connectivity index (χ1v) is 10.2.